The minimum absolute atomic E-state index is 0.265. The summed E-state index contributed by atoms with van der Waals surface area (Å²) in [6, 6.07) is 9.26. The van der Waals surface area contributed by atoms with Crippen molar-refractivity contribution in [3.8, 4) is 0 Å². The molecule has 1 unspecified atom stereocenters. The molecule has 2 fully saturated rings. The first-order chi connectivity index (χ1) is 8.29. The highest BCUT2D eigenvalue weighted by Crippen LogP contribution is 2.45. The summed E-state index contributed by atoms with van der Waals surface area (Å²) in [5.41, 5.74) is 2.64. The fraction of sp³-hybridized carbons (Fsp3) is 0.500. The molecule has 1 heterocycles. The number of benzene rings is 1. The molecule has 0 aromatic heterocycles. The predicted octanol–water partition coefficient (Wildman–Crippen LogP) is 2.99. The van der Waals surface area contributed by atoms with E-state index in [1.54, 1.807) is 11.8 Å². The standard InChI is InChI=1S/C14H17NOS/c1-2-10-3-5-11(6-4-10)14-15(12-7-8-12)13(16)9-17-14/h3-6,12,14H,2,7-9H2,1H3. The summed E-state index contributed by atoms with van der Waals surface area (Å²) in [6.45, 7) is 2.17. The molecule has 1 amide bonds. The van der Waals surface area contributed by atoms with Crippen molar-refractivity contribution >= 4 is 17.7 Å². The highest BCUT2D eigenvalue weighted by Gasteiger charge is 2.42. The first-order valence-corrected chi connectivity index (χ1v) is 7.36. The van der Waals surface area contributed by atoms with Gasteiger partial charge in [-0.2, -0.15) is 0 Å². The van der Waals surface area contributed by atoms with Gasteiger partial charge in [0.1, 0.15) is 5.37 Å². The molecule has 1 saturated heterocycles. The Morgan fingerprint density at radius 1 is 1.29 bits per heavy atom. The van der Waals surface area contributed by atoms with Gasteiger partial charge in [-0.3, -0.25) is 4.79 Å². The number of amides is 1. The molecule has 3 heteroatoms. The predicted molar refractivity (Wildman–Crippen MR) is 70.9 cm³/mol. The van der Waals surface area contributed by atoms with E-state index in [9.17, 15) is 4.79 Å². The summed E-state index contributed by atoms with van der Waals surface area (Å²) in [5.74, 6) is 0.971. The van der Waals surface area contributed by atoms with E-state index in [2.05, 4.69) is 36.1 Å². The van der Waals surface area contributed by atoms with Gasteiger partial charge in [0.2, 0.25) is 5.91 Å². The molecule has 0 N–H and O–H groups in total. The summed E-state index contributed by atoms with van der Waals surface area (Å²) >= 11 is 1.77. The number of hydrogen-bond donors (Lipinski definition) is 0. The Bertz CT molecular complexity index is 424. The van der Waals surface area contributed by atoms with Gasteiger partial charge >= 0.3 is 0 Å². The number of carbonyl (C=O) groups excluding carboxylic acids is 1. The van der Waals surface area contributed by atoms with E-state index in [1.807, 2.05) is 0 Å². The van der Waals surface area contributed by atoms with E-state index in [0.717, 1.165) is 6.42 Å². The molecule has 0 bridgehead atoms. The van der Waals surface area contributed by atoms with Crippen molar-refractivity contribution in [3.05, 3.63) is 35.4 Å². The van der Waals surface area contributed by atoms with Crippen LogP contribution in [0.25, 0.3) is 0 Å². The van der Waals surface area contributed by atoms with Crippen LogP contribution in [0.3, 0.4) is 0 Å². The fourth-order valence-corrected chi connectivity index (χ4v) is 3.61. The third-order valence-electron chi connectivity index (χ3n) is 3.52. The van der Waals surface area contributed by atoms with Crippen molar-refractivity contribution < 1.29 is 4.79 Å². The van der Waals surface area contributed by atoms with Crippen LogP contribution in [0.2, 0.25) is 0 Å². The van der Waals surface area contributed by atoms with Gasteiger partial charge in [0.25, 0.3) is 0 Å². The van der Waals surface area contributed by atoms with Gasteiger partial charge in [-0.15, -0.1) is 11.8 Å². The Kier molecular flexibility index (Phi) is 2.87. The van der Waals surface area contributed by atoms with Crippen molar-refractivity contribution in [1.82, 2.24) is 4.90 Å². The second-order valence-electron chi connectivity index (χ2n) is 4.79. The van der Waals surface area contributed by atoms with Crippen LogP contribution >= 0.6 is 11.8 Å². The van der Waals surface area contributed by atoms with Crippen molar-refractivity contribution in [1.29, 1.82) is 0 Å². The normalized spacial score (nSPS) is 24.4. The number of thioether (sulfide) groups is 1. The van der Waals surface area contributed by atoms with Crippen LogP contribution in [0.4, 0.5) is 0 Å². The topological polar surface area (TPSA) is 20.3 Å². The third-order valence-corrected chi connectivity index (χ3v) is 4.75. The number of nitrogens with zero attached hydrogens (tertiary/aromatic N) is 1. The van der Waals surface area contributed by atoms with E-state index in [1.165, 1.54) is 24.0 Å². The zero-order chi connectivity index (χ0) is 11.8. The summed E-state index contributed by atoms with van der Waals surface area (Å²) in [4.78, 5) is 14.0. The Labute approximate surface area is 106 Å². The summed E-state index contributed by atoms with van der Waals surface area (Å²) in [6.07, 6.45) is 3.45. The first kappa shape index (κ1) is 11.1. The maximum Gasteiger partial charge on any atom is 0.234 e. The van der Waals surface area contributed by atoms with Crippen LogP contribution in [-0.4, -0.2) is 22.6 Å². The van der Waals surface area contributed by atoms with Crippen LogP contribution in [0.1, 0.15) is 36.3 Å². The van der Waals surface area contributed by atoms with Gasteiger partial charge in [0.05, 0.1) is 5.75 Å². The second-order valence-corrected chi connectivity index (χ2v) is 5.86. The van der Waals surface area contributed by atoms with Gasteiger partial charge < -0.3 is 4.90 Å². The molecule has 1 atom stereocenters. The molecule has 1 aromatic carbocycles. The zero-order valence-electron chi connectivity index (χ0n) is 10.1. The summed E-state index contributed by atoms with van der Waals surface area (Å²) < 4.78 is 0. The molecule has 2 nitrogen and oxygen atoms in total. The molecule has 1 saturated carbocycles. The average molecular weight is 247 g/mol. The lowest BCUT2D eigenvalue weighted by molar-refractivity contribution is -0.128. The van der Waals surface area contributed by atoms with Crippen LogP contribution in [0, 0.1) is 0 Å². The Hall–Kier alpha value is -0.960. The molecule has 0 radical (unpaired) electrons. The van der Waals surface area contributed by atoms with E-state index in [4.69, 9.17) is 0 Å². The highest BCUT2D eigenvalue weighted by molar-refractivity contribution is 8.00. The van der Waals surface area contributed by atoms with E-state index in [0.29, 0.717) is 17.7 Å². The highest BCUT2D eigenvalue weighted by atomic mass is 32.2. The quantitative estimate of drug-likeness (QED) is 0.818. The zero-order valence-corrected chi connectivity index (χ0v) is 10.9. The molecule has 90 valence electrons. The van der Waals surface area contributed by atoms with Gasteiger partial charge in [0.15, 0.2) is 0 Å². The number of rotatable bonds is 3. The Morgan fingerprint density at radius 2 is 2.00 bits per heavy atom. The van der Waals surface area contributed by atoms with E-state index in [-0.39, 0.29) is 5.37 Å². The van der Waals surface area contributed by atoms with Crippen LogP contribution in [-0.2, 0) is 11.2 Å². The fourth-order valence-electron chi connectivity index (χ4n) is 2.36. The SMILES string of the molecule is CCc1ccc(C2SCC(=O)N2C2CC2)cc1. The number of aryl methyl sites for hydroxylation is 1. The van der Waals surface area contributed by atoms with Crippen LogP contribution in [0.15, 0.2) is 24.3 Å². The molecule has 1 aliphatic heterocycles. The molecule has 2 aliphatic rings. The van der Waals surface area contributed by atoms with Crippen molar-refractivity contribution in [3.63, 3.8) is 0 Å². The summed E-state index contributed by atoms with van der Waals surface area (Å²) in [5, 5.41) is 0.265. The van der Waals surface area contributed by atoms with Gasteiger partial charge in [0, 0.05) is 6.04 Å². The molecule has 0 spiro atoms. The molecule has 1 aliphatic carbocycles. The van der Waals surface area contributed by atoms with Crippen molar-refractivity contribution in [2.75, 3.05) is 5.75 Å². The molecule has 17 heavy (non-hydrogen) atoms. The lowest BCUT2D eigenvalue weighted by Crippen LogP contribution is -2.30. The second kappa shape index (κ2) is 4.37. The first-order valence-electron chi connectivity index (χ1n) is 6.31. The Balaban J connectivity index is 1.84. The molecule has 1 aromatic rings. The summed E-state index contributed by atoms with van der Waals surface area (Å²) in [7, 11) is 0. The molecular weight excluding hydrogens is 230 g/mol. The lowest BCUT2D eigenvalue weighted by Gasteiger charge is -2.24. The van der Waals surface area contributed by atoms with Gasteiger partial charge in [-0.25, -0.2) is 0 Å². The van der Waals surface area contributed by atoms with Gasteiger partial charge in [-0.05, 0) is 30.4 Å². The smallest absolute Gasteiger partial charge is 0.234 e. The number of hydrogen-bond acceptors (Lipinski definition) is 2. The monoisotopic (exact) mass is 247 g/mol. The van der Waals surface area contributed by atoms with Crippen molar-refractivity contribution in [2.24, 2.45) is 0 Å². The maximum atomic E-state index is 11.9. The third kappa shape index (κ3) is 2.08. The van der Waals surface area contributed by atoms with Crippen LogP contribution < -0.4 is 0 Å². The Morgan fingerprint density at radius 3 is 2.59 bits per heavy atom. The lowest BCUT2D eigenvalue weighted by atomic mass is 10.1. The van der Waals surface area contributed by atoms with Gasteiger partial charge in [-0.1, -0.05) is 31.2 Å². The molecular formula is C14H17NOS. The average Bonchev–Trinajstić information content (AvgIpc) is 3.13. The largest absolute Gasteiger partial charge is 0.323 e. The minimum Gasteiger partial charge on any atom is -0.323 e. The van der Waals surface area contributed by atoms with E-state index >= 15 is 0 Å². The van der Waals surface area contributed by atoms with Crippen molar-refractivity contribution in [2.45, 2.75) is 37.6 Å². The number of carbonyl (C=O) groups is 1. The maximum absolute atomic E-state index is 11.9. The van der Waals surface area contributed by atoms with Crippen LogP contribution in [0.5, 0.6) is 0 Å². The van der Waals surface area contributed by atoms with E-state index < -0.39 is 0 Å². The minimum atomic E-state index is 0.265. The molecule has 3 rings (SSSR count).